The van der Waals surface area contributed by atoms with E-state index < -0.39 is 10.0 Å². The molecule has 23 heavy (non-hydrogen) atoms. The van der Waals surface area contributed by atoms with Gasteiger partial charge in [0.05, 0.1) is 10.6 Å². The molecule has 0 fully saturated rings. The van der Waals surface area contributed by atoms with Crippen molar-refractivity contribution in [3.63, 3.8) is 0 Å². The van der Waals surface area contributed by atoms with Crippen LogP contribution in [0.25, 0.3) is 11.5 Å². The van der Waals surface area contributed by atoms with Gasteiger partial charge in [-0.3, -0.25) is 4.72 Å². The van der Waals surface area contributed by atoms with Crippen molar-refractivity contribution >= 4 is 15.7 Å². The Balaban J connectivity index is 1.83. The van der Waals surface area contributed by atoms with Crippen LogP contribution in [0, 0.1) is 13.8 Å². The van der Waals surface area contributed by atoms with Gasteiger partial charge in [0.15, 0.2) is 0 Å². The fourth-order valence-electron chi connectivity index (χ4n) is 2.09. The zero-order chi connectivity index (χ0) is 16.4. The molecule has 1 N–H and O–H groups in total. The maximum absolute atomic E-state index is 12.3. The van der Waals surface area contributed by atoms with E-state index in [1.807, 2.05) is 13.8 Å². The van der Waals surface area contributed by atoms with Crippen molar-refractivity contribution in [3.8, 4) is 11.5 Å². The lowest BCUT2D eigenvalue weighted by Crippen LogP contribution is -2.12. The van der Waals surface area contributed by atoms with Crippen LogP contribution in [0.4, 0.5) is 5.69 Å². The Kier molecular flexibility index (Phi) is 3.92. The molecule has 5 nitrogen and oxygen atoms in total. The Bertz CT molecular complexity index is 895. The molecule has 0 spiro atoms. The molecule has 6 heteroatoms. The molecule has 3 rings (SSSR count). The van der Waals surface area contributed by atoms with E-state index in [4.69, 9.17) is 4.42 Å². The van der Waals surface area contributed by atoms with Crippen molar-refractivity contribution in [2.24, 2.45) is 0 Å². The highest BCUT2D eigenvalue weighted by atomic mass is 32.2. The number of anilines is 1. The van der Waals surface area contributed by atoms with E-state index in [0.717, 1.165) is 17.0 Å². The van der Waals surface area contributed by atoms with Crippen LogP contribution in [-0.2, 0) is 10.0 Å². The molecule has 118 valence electrons. The highest BCUT2D eigenvalue weighted by molar-refractivity contribution is 7.92. The van der Waals surface area contributed by atoms with E-state index >= 15 is 0 Å². The van der Waals surface area contributed by atoms with Crippen molar-refractivity contribution in [2.45, 2.75) is 18.7 Å². The summed E-state index contributed by atoms with van der Waals surface area (Å²) < 4.78 is 32.6. The molecule has 1 aromatic heterocycles. The predicted molar refractivity (Wildman–Crippen MR) is 88.7 cm³/mol. The molecular weight excluding hydrogens is 312 g/mol. The first-order valence-electron chi connectivity index (χ1n) is 7.08. The van der Waals surface area contributed by atoms with Crippen molar-refractivity contribution < 1.29 is 12.8 Å². The van der Waals surface area contributed by atoms with Gasteiger partial charge in [0, 0.05) is 11.3 Å². The molecule has 0 aliphatic heterocycles. The summed E-state index contributed by atoms with van der Waals surface area (Å²) in [5, 5.41) is 0. The summed E-state index contributed by atoms with van der Waals surface area (Å²) in [7, 11) is -3.58. The summed E-state index contributed by atoms with van der Waals surface area (Å²) in [6.07, 6.45) is 0. The van der Waals surface area contributed by atoms with Crippen molar-refractivity contribution in [2.75, 3.05) is 4.72 Å². The number of rotatable bonds is 4. The molecule has 0 atom stereocenters. The molecule has 0 saturated carbocycles. The van der Waals surface area contributed by atoms with Gasteiger partial charge in [-0.15, -0.1) is 0 Å². The molecule has 0 aliphatic carbocycles. The van der Waals surface area contributed by atoms with Gasteiger partial charge in [-0.05, 0) is 50.2 Å². The molecule has 2 aromatic carbocycles. The third kappa shape index (κ3) is 3.27. The Labute approximate surface area is 135 Å². The predicted octanol–water partition coefficient (Wildman–Crippen LogP) is 3.76. The van der Waals surface area contributed by atoms with Crippen LogP contribution in [0.2, 0.25) is 0 Å². The average molecular weight is 328 g/mol. The third-order valence-electron chi connectivity index (χ3n) is 3.47. The van der Waals surface area contributed by atoms with E-state index in [0.29, 0.717) is 11.6 Å². The number of nitrogens with one attached hydrogen (secondary N) is 1. The second-order valence-electron chi connectivity index (χ2n) is 5.16. The Hall–Kier alpha value is -2.60. The van der Waals surface area contributed by atoms with Crippen molar-refractivity contribution in [3.05, 3.63) is 66.1 Å². The van der Waals surface area contributed by atoms with Gasteiger partial charge in [-0.2, -0.15) is 0 Å². The first-order valence-corrected chi connectivity index (χ1v) is 8.56. The fourth-order valence-corrected chi connectivity index (χ4v) is 3.17. The second kappa shape index (κ2) is 5.89. The summed E-state index contributed by atoms with van der Waals surface area (Å²) in [6, 6.07) is 15.2. The maximum Gasteiger partial charge on any atom is 0.261 e. The zero-order valence-corrected chi connectivity index (χ0v) is 13.6. The molecule has 0 saturated heterocycles. The highest BCUT2D eigenvalue weighted by Crippen LogP contribution is 2.24. The Morgan fingerprint density at radius 1 is 0.957 bits per heavy atom. The van der Waals surface area contributed by atoms with Crippen molar-refractivity contribution in [1.82, 2.24) is 4.98 Å². The average Bonchev–Trinajstić information content (AvgIpc) is 2.88. The number of sulfonamides is 1. The number of aromatic nitrogens is 1. The van der Waals surface area contributed by atoms with Crippen LogP contribution in [-0.4, -0.2) is 13.4 Å². The van der Waals surface area contributed by atoms with E-state index in [9.17, 15) is 8.42 Å². The summed E-state index contributed by atoms with van der Waals surface area (Å²) in [5.74, 6) is 1.30. The van der Waals surface area contributed by atoms with E-state index in [2.05, 4.69) is 9.71 Å². The van der Waals surface area contributed by atoms with Crippen LogP contribution >= 0.6 is 0 Å². The molecule has 1 heterocycles. The Morgan fingerprint density at radius 3 is 2.17 bits per heavy atom. The third-order valence-corrected chi connectivity index (χ3v) is 4.86. The molecular formula is C17H16N2O3S. The minimum atomic E-state index is -3.58. The van der Waals surface area contributed by atoms with Crippen LogP contribution in [0.1, 0.15) is 11.5 Å². The van der Waals surface area contributed by atoms with Crippen LogP contribution in [0.5, 0.6) is 0 Å². The molecule has 0 bridgehead atoms. The van der Waals surface area contributed by atoms with Gasteiger partial charge in [-0.25, -0.2) is 13.4 Å². The smallest absolute Gasteiger partial charge is 0.261 e. The molecule has 0 radical (unpaired) electrons. The molecule has 0 amide bonds. The normalized spacial score (nSPS) is 11.4. The van der Waals surface area contributed by atoms with Crippen LogP contribution in [0.3, 0.4) is 0 Å². The van der Waals surface area contributed by atoms with Gasteiger partial charge in [0.2, 0.25) is 5.89 Å². The summed E-state index contributed by atoms with van der Waals surface area (Å²) in [4.78, 5) is 4.55. The number of hydrogen-bond acceptors (Lipinski definition) is 4. The number of hydrogen-bond donors (Lipinski definition) is 1. The lowest BCUT2D eigenvalue weighted by Gasteiger charge is -2.08. The lowest BCUT2D eigenvalue weighted by atomic mass is 10.2. The van der Waals surface area contributed by atoms with Gasteiger partial charge in [0.25, 0.3) is 10.0 Å². The number of nitrogens with zero attached hydrogens (tertiary/aromatic N) is 1. The largest absolute Gasteiger partial charge is 0.441 e. The topological polar surface area (TPSA) is 72.2 Å². The Morgan fingerprint density at radius 2 is 1.61 bits per heavy atom. The monoisotopic (exact) mass is 328 g/mol. The highest BCUT2D eigenvalue weighted by Gasteiger charge is 2.14. The first-order chi connectivity index (χ1) is 11.0. The quantitative estimate of drug-likeness (QED) is 0.791. The number of oxazole rings is 1. The lowest BCUT2D eigenvalue weighted by molar-refractivity contribution is 0.541. The zero-order valence-electron chi connectivity index (χ0n) is 12.8. The fraction of sp³-hybridized carbons (Fsp3) is 0.118. The summed E-state index contributed by atoms with van der Waals surface area (Å²) in [6.45, 7) is 3.74. The number of benzene rings is 2. The molecule has 0 aliphatic rings. The van der Waals surface area contributed by atoms with Crippen LogP contribution in [0.15, 0.2) is 63.9 Å². The van der Waals surface area contributed by atoms with Gasteiger partial charge >= 0.3 is 0 Å². The van der Waals surface area contributed by atoms with Crippen LogP contribution < -0.4 is 4.72 Å². The minimum Gasteiger partial charge on any atom is -0.441 e. The standard InChI is InChI=1S/C17H16N2O3S/c1-12-13(2)22-17(18-12)14-8-10-15(11-9-14)19-23(20,21)16-6-4-3-5-7-16/h3-11,19H,1-2H3. The molecule has 0 unspecified atom stereocenters. The maximum atomic E-state index is 12.3. The first kappa shape index (κ1) is 15.3. The number of aryl methyl sites for hydroxylation is 2. The van der Waals surface area contributed by atoms with Gasteiger partial charge in [0.1, 0.15) is 5.76 Å². The van der Waals surface area contributed by atoms with Gasteiger partial charge in [-0.1, -0.05) is 18.2 Å². The second-order valence-corrected chi connectivity index (χ2v) is 6.84. The minimum absolute atomic E-state index is 0.225. The van der Waals surface area contributed by atoms with Crippen molar-refractivity contribution in [1.29, 1.82) is 0 Å². The SMILES string of the molecule is Cc1nc(-c2ccc(NS(=O)(=O)c3ccccc3)cc2)oc1C. The van der Waals surface area contributed by atoms with E-state index in [1.54, 1.807) is 54.6 Å². The van der Waals surface area contributed by atoms with E-state index in [1.165, 1.54) is 0 Å². The summed E-state index contributed by atoms with van der Waals surface area (Å²) in [5.41, 5.74) is 2.12. The van der Waals surface area contributed by atoms with Gasteiger partial charge < -0.3 is 4.42 Å². The summed E-state index contributed by atoms with van der Waals surface area (Å²) >= 11 is 0. The molecule has 3 aromatic rings. The van der Waals surface area contributed by atoms with E-state index in [-0.39, 0.29) is 4.90 Å².